The van der Waals surface area contributed by atoms with Crippen molar-refractivity contribution in [3.8, 4) is 0 Å². The molecule has 0 unspecified atom stereocenters. The summed E-state index contributed by atoms with van der Waals surface area (Å²) in [6.45, 7) is 5.64. The van der Waals surface area contributed by atoms with Gasteiger partial charge in [-0.25, -0.2) is 4.98 Å². The van der Waals surface area contributed by atoms with Crippen LogP contribution in [0.1, 0.15) is 32.0 Å². The minimum Gasteiger partial charge on any atom is -0.345 e. The molecule has 1 aromatic rings. The molecule has 2 aliphatic heterocycles. The van der Waals surface area contributed by atoms with E-state index in [1.54, 1.807) is 11.5 Å². The van der Waals surface area contributed by atoms with Crippen LogP contribution in [0.25, 0.3) is 0 Å². The molecule has 2 fully saturated rings. The number of nitrogens with one attached hydrogen (secondary N) is 1. The van der Waals surface area contributed by atoms with Crippen molar-refractivity contribution < 1.29 is 0 Å². The molecule has 0 amide bonds. The van der Waals surface area contributed by atoms with Gasteiger partial charge in [0, 0.05) is 37.1 Å². The lowest BCUT2D eigenvalue weighted by atomic mass is 9.94. The molecule has 0 spiro atoms. The van der Waals surface area contributed by atoms with E-state index in [4.69, 9.17) is 0 Å². The molecule has 2 atom stereocenters. The van der Waals surface area contributed by atoms with E-state index in [0.717, 1.165) is 36.3 Å². The summed E-state index contributed by atoms with van der Waals surface area (Å²) in [5, 5.41) is 4.76. The largest absolute Gasteiger partial charge is 0.345 e. The Bertz CT molecular complexity index is 364. The highest BCUT2D eigenvalue weighted by atomic mass is 32.1. The minimum atomic E-state index is 0.683. The van der Waals surface area contributed by atoms with Crippen molar-refractivity contribution in [3.63, 3.8) is 0 Å². The van der Waals surface area contributed by atoms with Crippen molar-refractivity contribution in [1.82, 2.24) is 14.7 Å². The molecule has 17 heavy (non-hydrogen) atoms. The maximum absolute atomic E-state index is 4.65. The van der Waals surface area contributed by atoms with E-state index in [1.807, 2.05) is 0 Å². The Morgan fingerprint density at radius 3 is 3.24 bits per heavy atom. The summed E-state index contributed by atoms with van der Waals surface area (Å²) in [7, 11) is 0. The predicted octanol–water partition coefficient (Wildman–Crippen LogP) is 1.68. The summed E-state index contributed by atoms with van der Waals surface area (Å²) in [4.78, 5) is 7.07. The van der Waals surface area contributed by atoms with Gasteiger partial charge in [-0.1, -0.05) is 6.92 Å². The quantitative estimate of drug-likeness (QED) is 0.888. The number of anilines is 1. The first-order valence-corrected chi connectivity index (χ1v) is 7.45. The van der Waals surface area contributed by atoms with Gasteiger partial charge in [-0.3, -0.25) is 0 Å². The summed E-state index contributed by atoms with van der Waals surface area (Å²) >= 11 is 1.57. The predicted molar refractivity (Wildman–Crippen MR) is 70.6 cm³/mol. The van der Waals surface area contributed by atoms with E-state index in [9.17, 15) is 0 Å². The van der Waals surface area contributed by atoms with Gasteiger partial charge in [0.15, 0.2) is 0 Å². The van der Waals surface area contributed by atoms with E-state index >= 15 is 0 Å². The van der Waals surface area contributed by atoms with Gasteiger partial charge in [0.1, 0.15) is 5.82 Å². The Kier molecular flexibility index (Phi) is 3.29. The molecule has 1 N–H and O–H groups in total. The molecule has 0 saturated carbocycles. The Morgan fingerprint density at radius 1 is 1.47 bits per heavy atom. The highest BCUT2D eigenvalue weighted by Gasteiger charge is 2.35. The third-order valence-electron chi connectivity index (χ3n) is 3.80. The fourth-order valence-corrected chi connectivity index (χ4v) is 3.63. The van der Waals surface area contributed by atoms with Crippen LogP contribution in [0.5, 0.6) is 0 Å². The van der Waals surface area contributed by atoms with E-state index in [-0.39, 0.29) is 0 Å². The monoisotopic (exact) mass is 252 g/mol. The van der Waals surface area contributed by atoms with Crippen LogP contribution in [0.3, 0.4) is 0 Å². The average Bonchev–Trinajstić information content (AvgIpc) is 2.94. The van der Waals surface area contributed by atoms with Crippen LogP contribution in [0.15, 0.2) is 0 Å². The van der Waals surface area contributed by atoms with Crippen LogP contribution in [-0.4, -0.2) is 35.0 Å². The SMILES string of the molecule is CCCc1nsc(N2C[C@@H]3CCCN[C@@H]3C2)n1. The zero-order valence-corrected chi connectivity index (χ0v) is 11.2. The molecule has 4 nitrogen and oxygen atoms in total. The molecular weight excluding hydrogens is 232 g/mol. The summed E-state index contributed by atoms with van der Waals surface area (Å²) in [6.07, 6.45) is 4.83. The Hall–Kier alpha value is -0.680. The van der Waals surface area contributed by atoms with Crippen molar-refractivity contribution in [2.75, 3.05) is 24.5 Å². The summed E-state index contributed by atoms with van der Waals surface area (Å²) < 4.78 is 4.44. The van der Waals surface area contributed by atoms with Crippen LogP contribution in [-0.2, 0) is 6.42 Å². The van der Waals surface area contributed by atoms with Gasteiger partial charge < -0.3 is 10.2 Å². The van der Waals surface area contributed by atoms with Gasteiger partial charge in [-0.2, -0.15) is 4.37 Å². The lowest BCUT2D eigenvalue weighted by Gasteiger charge is -2.24. The number of hydrogen-bond acceptors (Lipinski definition) is 5. The second-order valence-electron chi connectivity index (χ2n) is 5.11. The van der Waals surface area contributed by atoms with E-state index in [1.165, 1.54) is 25.9 Å². The Labute approximate surface area is 107 Å². The molecule has 2 saturated heterocycles. The average molecular weight is 252 g/mol. The minimum absolute atomic E-state index is 0.683. The number of fused-ring (bicyclic) bond motifs is 1. The summed E-state index contributed by atoms with van der Waals surface area (Å²) in [6, 6.07) is 0.683. The summed E-state index contributed by atoms with van der Waals surface area (Å²) in [5.41, 5.74) is 0. The molecule has 0 aromatic carbocycles. The fraction of sp³-hybridized carbons (Fsp3) is 0.833. The normalized spacial score (nSPS) is 28.4. The standard InChI is InChI=1S/C12H20N4S/c1-2-4-11-14-12(17-15-11)16-7-9-5-3-6-13-10(9)8-16/h9-10,13H,2-8H2,1H3/t9-,10+/m0/s1. The van der Waals surface area contributed by atoms with Crippen molar-refractivity contribution in [2.24, 2.45) is 5.92 Å². The van der Waals surface area contributed by atoms with Crippen LogP contribution in [0, 0.1) is 5.92 Å². The van der Waals surface area contributed by atoms with E-state index in [2.05, 4.69) is 26.5 Å². The molecule has 0 bridgehead atoms. The van der Waals surface area contributed by atoms with E-state index < -0.39 is 0 Å². The molecule has 3 heterocycles. The molecule has 1 aromatic heterocycles. The van der Waals surface area contributed by atoms with Gasteiger partial charge in [0.25, 0.3) is 0 Å². The topological polar surface area (TPSA) is 41.1 Å². The van der Waals surface area contributed by atoms with Gasteiger partial charge in [0.2, 0.25) is 5.13 Å². The zero-order chi connectivity index (χ0) is 11.7. The Balaban J connectivity index is 1.68. The molecule has 3 rings (SSSR count). The maximum atomic E-state index is 4.65. The molecular formula is C12H20N4S. The second-order valence-corrected chi connectivity index (χ2v) is 5.84. The summed E-state index contributed by atoms with van der Waals surface area (Å²) in [5.74, 6) is 1.85. The number of aromatic nitrogens is 2. The van der Waals surface area contributed by atoms with Gasteiger partial charge in [-0.15, -0.1) is 0 Å². The highest BCUT2D eigenvalue weighted by molar-refractivity contribution is 7.09. The molecule has 94 valence electrons. The van der Waals surface area contributed by atoms with Crippen molar-refractivity contribution in [2.45, 2.75) is 38.6 Å². The number of rotatable bonds is 3. The van der Waals surface area contributed by atoms with Crippen LogP contribution >= 0.6 is 11.5 Å². The number of piperidine rings is 1. The Morgan fingerprint density at radius 2 is 2.41 bits per heavy atom. The third-order valence-corrected chi connectivity index (χ3v) is 4.62. The van der Waals surface area contributed by atoms with Gasteiger partial charge in [0.05, 0.1) is 0 Å². The highest BCUT2D eigenvalue weighted by Crippen LogP contribution is 2.29. The van der Waals surface area contributed by atoms with Crippen molar-refractivity contribution in [3.05, 3.63) is 5.82 Å². The maximum Gasteiger partial charge on any atom is 0.205 e. The van der Waals surface area contributed by atoms with E-state index in [0.29, 0.717) is 6.04 Å². The molecule has 0 radical (unpaired) electrons. The first kappa shape index (κ1) is 11.4. The number of nitrogens with zero attached hydrogens (tertiary/aromatic N) is 3. The third kappa shape index (κ3) is 2.31. The number of hydrogen-bond donors (Lipinski definition) is 1. The number of aryl methyl sites for hydroxylation is 1. The molecule has 5 heteroatoms. The lowest BCUT2D eigenvalue weighted by Crippen LogP contribution is -2.40. The first-order valence-electron chi connectivity index (χ1n) is 6.67. The van der Waals surface area contributed by atoms with Crippen LogP contribution < -0.4 is 10.2 Å². The second kappa shape index (κ2) is 4.90. The van der Waals surface area contributed by atoms with Crippen LogP contribution in [0.2, 0.25) is 0 Å². The smallest absolute Gasteiger partial charge is 0.205 e. The molecule has 2 aliphatic rings. The van der Waals surface area contributed by atoms with Crippen LogP contribution in [0.4, 0.5) is 5.13 Å². The van der Waals surface area contributed by atoms with Gasteiger partial charge in [-0.05, 0) is 31.7 Å². The lowest BCUT2D eigenvalue weighted by molar-refractivity contribution is 0.340. The van der Waals surface area contributed by atoms with Gasteiger partial charge >= 0.3 is 0 Å². The van der Waals surface area contributed by atoms with Crippen molar-refractivity contribution >= 4 is 16.7 Å². The first-order chi connectivity index (χ1) is 8.36. The fourth-order valence-electron chi connectivity index (χ4n) is 2.90. The molecule has 0 aliphatic carbocycles. The van der Waals surface area contributed by atoms with Crippen molar-refractivity contribution in [1.29, 1.82) is 0 Å². The zero-order valence-electron chi connectivity index (χ0n) is 10.4.